The summed E-state index contributed by atoms with van der Waals surface area (Å²) < 4.78 is 5.20. The maximum atomic E-state index is 5.20. The van der Waals surface area contributed by atoms with Crippen LogP contribution in [0.4, 0.5) is 5.69 Å². The van der Waals surface area contributed by atoms with Gasteiger partial charge in [0.2, 0.25) is 0 Å². The molecular formula is C18H21NO. The van der Waals surface area contributed by atoms with Crippen molar-refractivity contribution in [3.63, 3.8) is 0 Å². The highest BCUT2D eigenvalue weighted by atomic mass is 16.5. The van der Waals surface area contributed by atoms with Crippen molar-refractivity contribution in [2.45, 2.75) is 19.4 Å². The summed E-state index contributed by atoms with van der Waals surface area (Å²) in [5, 5.41) is 3.55. The average molecular weight is 267 g/mol. The van der Waals surface area contributed by atoms with E-state index in [0.29, 0.717) is 0 Å². The van der Waals surface area contributed by atoms with E-state index in [4.69, 9.17) is 4.74 Å². The highest BCUT2D eigenvalue weighted by molar-refractivity contribution is 5.47. The second-order valence-corrected chi connectivity index (χ2v) is 4.86. The molecule has 1 unspecified atom stereocenters. The zero-order chi connectivity index (χ0) is 14.4. The van der Waals surface area contributed by atoms with Crippen LogP contribution in [0.3, 0.4) is 0 Å². The first-order valence-corrected chi connectivity index (χ1v) is 6.81. The Labute approximate surface area is 121 Å². The zero-order valence-corrected chi connectivity index (χ0v) is 12.1. The molecular weight excluding hydrogens is 246 g/mol. The van der Waals surface area contributed by atoms with Crippen molar-refractivity contribution < 1.29 is 4.74 Å². The summed E-state index contributed by atoms with van der Waals surface area (Å²) in [5.41, 5.74) is 3.62. The standard InChI is InChI=1S/C18H21NO/c1-4-5-18(15-8-12-17(20-3)13-9-15)19-16-10-6-14(2)7-11-16/h4,6-13,18-19H,1,5H2,2-3H3. The van der Waals surface area contributed by atoms with Crippen molar-refractivity contribution in [2.75, 3.05) is 12.4 Å². The lowest BCUT2D eigenvalue weighted by Crippen LogP contribution is -2.09. The number of ether oxygens (including phenoxy) is 1. The van der Waals surface area contributed by atoms with Gasteiger partial charge >= 0.3 is 0 Å². The molecule has 0 heterocycles. The summed E-state index contributed by atoms with van der Waals surface area (Å²) in [6.45, 7) is 5.94. The van der Waals surface area contributed by atoms with Crippen molar-refractivity contribution in [1.29, 1.82) is 0 Å². The fraction of sp³-hybridized carbons (Fsp3) is 0.222. The van der Waals surface area contributed by atoms with E-state index in [-0.39, 0.29) is 6.04 Å². The van der Waals surface area contributed by atoms with Crippen LogP contribution in [0.15, 0.2) is 61.2 Å². The van der Waals surface area contributed by atoms with E-state index >= 15 is 0 Å². The summed E-state index contributed by atoms with van der Waals surface area (Å²) in [5.74, 6) is 0.876. The van der Waals surface area contributed by atoms with Gasteiger partial charge in [0.25, 0.3) is 0 Å². The number of rotatable bonds is 6. The molecule has 2 nitrogen and oxygen atoms in total. The van der Waals surface area contributed by atoms with Crippen LogP contribution in [0.2, 0.25) is 0 Å². The molecule has 0 saturated heterocycles. The lowest BCUT2D eigenvalue weighted by atomic mass is 10.0. The maximum Gasteiger partial charge on any atom is 0.118 e. The third-order valence-corrected chi connectivity index (χ3v) is 3.31. The molecule has 0 fully saturated rings. The molecule has 20 heavy (non-hydrogen) atoms. The number of nitrogens with one attached hydrogen (secondary N) is 1. The largest absolute Gasteiger partial charge is 0.497 e. The predicted molar refractivity (Wildman–Crippen MR) is 85.4 cm³/mol. The molecule has 1 atom stereocenters. The summed E-state index contributed by atoms with van der Waals surface area (Å²) in [7, 11) is 1.68. The maximum absolute atomic E-state index is 5.20. The van der Waals surface area contributed by atoms with Crippen LogP contribution >= 0.6 is 0 Å². The Morgan fingerprint density at radius 3 is 2.30 bits per heavy atom. The van der Waals surface area contributed by atoms with Gasteiger partial charge in [-0.1, -0.05) is 35.9 Å². The molecule has 0 spiro atoms. The third-order valence-electron chi connectivity index (χ3n) is 3.31. The number of hydrogen-bond acceptors (Lipinski definition) is 2. The van der Waals surface area contributed by atoms with Gasteiger partial charge in [0.1, 0.15) is 5.75 Å². The molecule has 0 amide bonds. The Bertz CT molecular complexity index is 543. The Kier molecular flexibility index (Phi) is 4.83. The first-order valence-electron chi connectivity index (χ1n) is 6.81. The zero-order valence-electron chi connectivity index (χ0n) is 12.1. The fourth-order valence-electron chi connectivity index (χ4n) is 2.13. The van der Waals surface area contributed by atoms with E-state index in [1.54, 1.807) is 7.11 Å². The summed E-state index contributed by atoms with van der Waals surface area (Å²) in [6, 6.07) is 16.8. The van der Waals surface area contributed by atoms with Crippen LogP contribution in [0.25, 0.3) is 0 Å². The molecule has 1 N–H and O–H groups in total. The number of benzene rings is 2. The lowest BCUT2D eigenvalue weighted by molar-refractivity contribution is 0.414. The van der Waals surface area contributed by atoms with Crippen molar-refractivity contribution >= 4 is 5.69 Å². The minimum Gasteiger partial charge on any atom is -0.497 e. The second kappa shape index (κ2) is 6.80. The molecule has 2 aromatic rings. The highest BCUT2D eigenvalue weighted by Crippen LogP contribution is 2.25. The molecule has 2 rings (SSSR count). The van der Waals surface area contributed by atoms with Crippen molar-refractivity contribution in [3.8, 4) is 5.75 Å². The van der Waals surface area contributed by atoms with Crippen LogP contribution in [0.1, 0.15) is 23.6 Å². The van der Waals surface area contributed by atoms with Gasteiger partial charge < -0.3 is 10.1 Å². The van der Waals surface area contributed by atoms with E-state index in [9.17, 15) is 0 Å². The third kappa shape index (κ3) is 3.64. The molecule has 2 aromatic carbocycles. The highest BCUT2D eigenvalue weighted by Gasteiger charge is 2.09. The molecule has 0 bridgehead atoms. The monoisotopic (exact) mass is 267 g/mol. The Balaban J connectivity index is 2.16. The summed E-state index contributed by atoms with van der Waals surface area (Å²) >= 11 is 0. The van der Waals surface area contributed by atoms with Crippen LogP contribution in [0.5, 0.6) is 5.75 Å². The van der Waals surface area contributed by atoms with Gasteiger partial charge in [-0.25, -0.2) is 0 Å². The summed E-state index contributed by atoms with van der Waals surface area (Å²) in [6.07, 6.45) is 2.82. The fourth-order valence-corrected chi connectivity index (χ4v) is 2.13. The van der Waals surface area contributed by atoms with Gasteiger partial charge in [-0.3, -0.25) is 0 Å². The summed E-state index contributed by atoms with van der Waals surface area (Å²) in [4.78, 5) is 0. The van der Waals surface area contributed by atoms with E-state index < -0.39 is 0 Å². The topological polar surface area (TPSA) is 21.3 Å². The van der Waals surface area contributed by atoms with Gasteiger partial charge in [-0.05, 0) is 43.2 Å². The molecule has 0 aromatic heterocycles. The quantitative estimate of drug-likeness (QED) is 0.764. The molecule has 0 aliphatic rings. The number of anilines is 1. The molecule has 0 aliphatic heterocycles. The van der Waals surface area contributed by atoms with Crippen LogP contribution < -0.4 is 10.1 Å². The first kappa shape index (κ1) is 14.2. The first-order chi connectivity index (χ1) is 9.72. The van der Waals surface area contributed by atoms with E-state index in [1.165, 1.54) is 11.1 Å². The number of aryl methyl sites for hydroxylation is 1. The predicted octanol–water partition coefficient (Wildman–Crippen LogP) is 4.73. The van der Waals surface area contributed by atoms with Crippen LogP contribution in [-0.4, -0.2) is 7.11 Å². The Morgan fingerprint density at radius 1 is 1.10 bits per heavy atom. The number of methoxy groups -OCH3 is 1. The van der Waals surface area contributed by atoms with Gasteiger partial charge in [0.15, 0.2) is 0 Å². The molecule has 104 valence electrons. The Hall–Kier alpha value is -2.22. The van der Waals surface area contributed by atoms with Gasteiger partial charge in [0, 0.05) is 5.69 Å². The minimum absolute atomic E-state index is 0.223. The lowest BCUT2D eigenvalue weighted by Gasteiger charge is -2.19. The van der Waals surface area contributed by atoms with Crippen molar-refractivity contribution in [3.05, 3.63) is 72.3 Å². The van der Waals surface area contributed by atoms with Gasteiger partial charge in [-0.15, -0.1) is 6.58 Å². The smallest absolute Gasteiger partial charge is 0.118 e. The van der Waals surface area contributed by atoms with E-state index in [1.807, 2.05) is 18.2 Å². The van der Waals surface area contributed by atoms with Crippen LogP contribution in [0, 0.1) is 6.92 Å². The molecule has 0 aliphatic carbocycles. The SMILES string of the molecule is C=CCC(Nc1ccc(C)cc1)c1ccc(OC)cc1. The average Bonchev–Trinajstić information content (AvgIpc) is 2.49. The van der Waals surface area contributed by atoms with Crippen molar-refractivity contribution in [2.24, 2.45) is 0 Å². The van der Waals surface area contributed by atoms with Gasteiger partial charge in [-0.2, -0.15) is 0 Å². The normalized spacial score (nSPS) is 11.7. The second-order valence-electron chi connectivity index (χ2n) is 4.86. The van der Waals surface area contributed by atoms with Crippen molar-refractivity contribution in [1.82, 2.24) is 0 Å². The van der Waals surface area contributed by atoms with E-state index in [0.717, 1.165) is 17.9 Å². The molecule has 0 radical (unpaired) electrons. The van der Waals surface area contributed by atoms with Gasteiger partial charge in [0.05, 0.1) is 13.2 Å². The van der Waals surface area contributed by atoms with E-state index in [2.05, 4.69) is 55.2 Å². The molecule has 0 saturated carbocycles. The van der Waals surface area contributed by atoms with Crippen LogP contribution in [-0.2, 0) is 0 Å². The molecule has 2 heteroatoms. The number of hydrogen-bond donors (Lipinski definition) is 1. The minimum atomic E-state index is 0.223. The Morgan fingerprint density at radius 2 is 1.75 bits per heavy atom.